The van der Waals surface area contributed by atoms with Gasteiger partial charge in [-0.3, -0.25) is 0 Å². The molecule has 1 saturated heterocycles. The minimum atomic E-state index is 0.298. The summed E-state index contributed by atoms with van der Waals surface area (Å²) in [6.07, 6.45) is 5.76. The van der Waals surface area contributed by atoms with Crippen molar-refractivity contribution < 1.29 is 5.11 Å². The van der Waals surface area contributed by atoms with E-state index in [0.29, 0.717) is 5.75 Å². The van der Waals surface area contributed by atoms with Crippen LogP contribution in [0.2, 0.25) is 0 Å². The number of pyridine rings is 1. The molecule has 1 aromatic heterocycles. The molecule has 110 valence electrons. The SMILES string of the molecule is Oc1ccc(CNc2ccc(N3CCCCC3)nc2)cc1. The molecule has 1 aliphatic rings. The number of nitrogens with zero attached hydrogens (tertiary/aromatic N) is 2. The third kappa shape index (κ3) is 3.66. The molecule has 0 atom stereocenters. The van der Waals surface area contributed by atoms with Gasteiger partial charge in [-0.15, -0.1) is 0 Å². The molecule has 0 saturated carbocycles. The molecular formula is C17H21N3O. The monoisotopic (exact) mass is 283 g/mol. The Labute approximate surface area is 125 Å². The van der Waals surface area contributed by atoms with E-state index in [0.717, 1.165) is 36.7 Å². The standard InChI is InChI=1S/C17H21N3O/c21-16-7-4-14(5-8-16)12-18-15-6-9-17(19-13-15)20-10-2-1-3-11-20/h4-9,13,18,21H,1-3,10-12H2. The van der Waals surface area contributed by atoms with Gasteiger partial charge in [-0.2, -0.15) is 0 Å². The molecule has 0 bridgehead atoms. The normalized spacial score (nSPS) is 15.0. The van der Waals surface area contributed by atoms with Crippen molar-refractivity contribution in [3.8, 4) is 5.75 Å². The lowest BCUT2D eigenvalue weighted by Gasteiger charge is -2.27. The lowest BCUT2D eigenvalue weighted by atomic mass is 10.1. The number of hydrogen-bond donors (Lipinski definition) is 2. The van der Waals surface area contributed by atoms with Crippen molar-refractivity contribution in [1.29, 1.82) is 0 Å². The Morgan fingerprint density at radius 3 is 2.43 bits per heavy atom. The van der Waals surface area contributed by atoms with Crippen LogP contribution in [0.1, 0.15) is 24.8 Å². The fraction of sp³-hybridized carbons (Fsp3) is 0.353. The summed E-state index contributed by atoms with van der Waals surface area (Å²) in [5.74, 6) is 1.37. The van der Waals surface area contributed by atoms with Gasteiger partial charge < -0.3 is 15.3 Å². The first-order chi connectivity index (χ1) is 10.3. The number of benzene rings is 1. The van der Waals surface area contributed by atoms with Crippen molar-refractivity contribution in [2.45, 2.75) is 25.8 Å². The predicted octanol–water partition coefficient (Wildman–Crippen LogP) is 3.39. The summed E-state index contributed by atoms with van der Waals surface area (Å²) in [6, 6.07) is 11.4. The van der Waals surface area contributed by atoms with Crippen LogP contribution < -0.4 is 10.2 Å². The fourth-order valence-corrected chi connectivity index (χ4v) is 2.62. The van der Waals surface area contributed by atoms with Gasteiger partial charge in [0.2, 0.25) is 0 Å². The summed E-state index contributed by atoms with van der Waals surface area (Å²) in [5, 5.41) is 12.6. The van der Waals surface area contributed by atoms with Gasteiger partial charge in [-0.1, -0.05) is 12.1 Å². The van der Waals surface area contributed by atoms with Crippen LogP contribution in [0.4, 0.5) is 11.5 Å². The van der Waals surface area contributed by atoms with E-state index in [-0.39, 0.29) is 0 Å². The van der Waals surface area contributed by atoms with E-state index in [9.17, 15) is 5.11 Å². The van der Waals surface area contributed by atoms with Crippen LogP contribution in [0.15, 0.2) is 42.6 Å². The summed E-state index contributed by atoms with van der Waals surface area (Å²) in [7, 11) is 0. The van der Waals surface area contributed by atoms with Crippen LogP contribution >= 0.6 is 0 Å². The number of piperidine rings is 1. The topological polar surface area (TPSA) is 48.4 Å². The summed E-state index contributed by atoms with van der Waals surface area (Å²) < 4.78 is 0. The maximum Gasteiger partial charge on any atom is 0.128 e. The molecular weight excluding hydrogens is 262 g/mol. The van der Waals surface area contributed by atoms with E-state index in [1.807, 2.05) is 18.3 Å². The Bertz CT molecular complexity index is 560. The van der Waals surface area contributed by atoms with Crippen molar-refractivity contribution >= 4 is 11.5 Å². The van der Waals surface area contributed by atoms with Crippen molar-refractivity contribution in [3.05, 3.63) is 48.2 Å². The highest BCUT2D eigenvalue weighted by atomic mass is 16.3. The van der Waals surface area contributed by atoms with Crippen LogP contribution in [0.3, 0.4) is 0 Å². The molecule has 0 radical (unpaired) electrons. The number of aromatic nitrogens is 1. The number of nitrogens with one attached hydrogen (secondary N) is 1. The highest BCUT2D eigenvalue weighted by molar-refractivity contribution is 5.49. The average Bonchev–Trinajstić information content (AvgIpc) is 2.56. The van der Waals surface area contributed by atoms with Gasteiger partial charge in [0.25, 0.3) is 0 Å². The fourth-order valence-electron chi connectivity index (χ4n) is 2.62. The van der Waals surface area contributed by atoms with Crippen molar-refractivity contribution in [1.82, 2.24) is 4.98 Å². The van der Waals surface area contributed by atoms with Gasteiger partial charge in [0.1, 0.15) is 11.6 Å². The van der Waals surface area contributed by atoms with Gasteiger partial charge in [0, 0.05) is 19.6 Å². The molecule has 21 heavy (non-hydrogen) atoms. The van der Waals surface area contributed by atoms with Gasteiger partial charge in [-0.05, 0) is 49.1 Å². The van der Waals surface area contributed by atoms with Crippen LogP contribution in [0, 0.1) is 0 Å². The number of phenolic OH excluding ortho intramolecular Hbond substituents is 1. The minimum Gasteiger partial charge on any atom is -0.508 e. The Hall–Kier alpha value is -2.23. The summed E-state index contributed by atoms with van der Waals surface area (Å²) in [5.41, 5.74) is 2.15. The minimum absolute atomic E-state index is 0.298. The van der Waals surface area contributed by atoms with E-state index >= 15 is 0 Å². The molecule has 1 aliphatic heterocycles. The lowest BCUT2D eigenvalue weighted by molar-refractivity contribution is 0.475. The molecule has 2 N–H and O–H groups in total. The van der Waals surface area contributed by atoms with E-state index in [4.69, 9.17) is 0 Å². The van der Waals surface area contributed by atoms with Gasteiger partial charge in [-0.25, -0.2) is 4.98 Å². The average molecular weight is 283 g/mol. The number of hydrogen-bond acceptors (Lipinski definition) is 4. The molecule has 4 heteroatoms. The highest BCUT2D eigenvalue weighted by Gasteiger charge is 2.11. The van der Waals surface area contributed by atoms with Crippen molar-refractivity contribution in [3.63, 3.8) is 0 Å². The Kier molecular flexibility index (Phi) is 4.24. The Morgan fingerprint density at radius 2 is 1.76 bits per heavy atom. The number of anilines is 2. The molecule has 0 amide bonds. The van der Waals surface area contributed by atoms with E-state index < -0.39 is 0 Å². The van der Waals surface area contributed by atoms with Gasteiger partial charge in [0.15, 0.2) is 0 Å². The zero-order valence-electron chi connectivity index (χ0n) is 12.1. The van der Waals surface area contributed by atoms with E-state index in [1.54, 1.807) is 12.1 Å². The van der Waals surface area contributed by atoms with Crippen LogP contribution in [-0.4, -0.2) is 23.2 Å². The van der Waals surface area contributed by atoms with E-state index in [2.05, 4.69) is 27.3 Å². The Morgan fingerprint density at radius 1 is 1.00 bits per heavy atom. The quantitative estimate of drug-likeness (QED) is 0.903. The molecule has 1 fully saturated rings. The maximum atomic E-state index is 9.26. The molecule has 4 nitrogen and oxygen atoms in total. The number of rotatable bonds is 4. The largest absolute Gasteiger partial charge is 0.508 e. The van der Waals surface area contributed by atoms with Crippen LogP contribution in [0.5, 0.6) is 5.75 Å². The molecule has 3 rings (SSSR count). The maximum absolute atomic E-state index is 9.26. The highest BCUT2D eigenvalue weighted by Crippen LogP contribution is 2.19. The first-order valence-corrected chi connectivity index (χ1v) is 7.54. The summed E-state index contributed by atoms with van der Waals surface area (Å²) >= 11 is 0. The smallest absolute Gasteiger partial charge is 0.128 e. The number of phenols is 1. The van der Waals surface area contributed by atoms with Crippen molar-refractivity contribution in [2.75, 3.05) is 23.3 Å². The molecule has 0 unspecified atom stereocenters. The molecule has 2 heterocycles. The zero-order chi connectivity index (χ0) is 14.5. The first kappa shape index (κ1) is 13.7. The van der Waals surface area contributed by atoms with Gasteiger partial charge >= 0.3 is 0 Å². The molecule has 0 aliphatic carbocycles. The van der Waals surface area contributed by atoms with Gasteiger partial charge in [0.05, 0.1) is 11.9 Å². The first-order valence-electron chi connectivity index (χ1n) is 7.54. The third-order valence-corrected chi connectivity index (χ3v) is 3.86. The van der Waals surface area contributed by atoms with E-state index in [1.165, 1.54) is 19.3 Å². The Balaban J connectivity index is 1.57. The van der Waals surface area contributed by atoms with Crippen LogP contribution in [-0.2, 0) is 6.54 Å². The summed E-state index contributed by atoms with van der Waals surface area (Å²) in [6.45, 7) is 2.96. The molecule has 0 spiro atoms. The predicted molar refractivity (Wildman–Crippen MR) is 85.7 cm³/mol. The van der Waals surface area contributed by atoms with Crippen LogP contribution in [0.25, 0.3) is 0 Å². The zero-order valence-corrected chi connectivity index (χ0v) is 12.1. The second kappa shape index (κ2) is 6.48. The molecule has 1 aromatic carbocycles. The number of aromatic hydroxyl groups is 1. The second-order valence-corrected chi connectivity index (χ2v) is 5.47. The van der Waals surface area contributed by atoms with Crippen molar-refractivity contribution in [2.24, 2.45) is 0 Å². The lowest BCUT2D eigenvalue weighted by Crippen LogP contribution is -2.30. The second-order valence-electron chi connectivity index (χ2n) is 5.47. The molecule has 2 aromatic rings. The summed E-state index contributed by atoms with van der Waals surface area (Å²) in [4.78, 5) is 6.91. The third-order valence-electron chi connectivity index (χ3n) is 3.86.